The van der Waals surface area contributed by atoms with Crippen LogP contribution in [0.4, 0.5) is 11.4 Å². The molecule has 2 rings (SSSR count). The molecular formula is C15H14N6O2. The maximum Gasteiger partial charge on any atom is 0.291 e. The van der Waals surface area contributed by atoms with E-state index in [1.807, 2.05) is 6.92 Å². The van der Waals surface area contributed by atoms with E-state index in [0.717, 1.165) is 5.56 Å². The van der Waals surface area contributed by atoms with Crippen LogP contribution in [-0.2, 0) is 0 Å². The van der Waals surface area contributed by atoms with Crippen LogP contribution in [0.3, 0.4) is 0 Å². The maximum absolute atomic E-state index is 11.9. The number of hydrazone groups is 1. The standard InChI is InChI=1S/C15H14N6O2/c1-9-4-5-10(19-15(22)13-3-2-6-23-13)7-11(9)20-21-12(8-16)14(17)18/h2-7,20H,1H3,(H3,17,18)(H,19,22)/b21-12+. The number of carbonyl (C=O) groups is 1. The van der Waals surface area contributed by atoms with Crippen molar-refractivity contribution in [2.75, 3.05) is 10.7 Å². The van der Waals surface area contributed by atoms with Gasteiger partial charge in [0.1, 0.15) is 6.07 Å². The Morgan fingerprint density at radius 3 is 2.83 bits per heavy atom. The molecule has 1 aromatic carbocycles. The van der Waals surface area contributed by atoms with E-state index in [2.05, 4.69) is 15.8 Å². The van der Waals surface area contributed by atoms with Gasteiger partial charge in [0, 0.05) is 5.69 Å². The number of benzene rings is 1. The molecule has 1 aromatic heterocycles. The lowest BCUT2D eigenvalue weighted by atomic mass is 10.2. The number of anilines is 2. The molecule has 0 bridgehead atoms. The fourth-order valence-electron chi connectivity index (χ4n) is 1.68. The third-order valence-corrected chi connectivity index (χ3v) is 2.89. The van der Waals surface area contributed by atoms with Gasteiger partial charge in [-0.05, 0) is 36.8 Å². The van der Waals surface area contributed by atoms with Crippen molar-refractivity contribution in [3.63, 3.8) is 0 Å². The molecule has 0 radical (unpaired) electrons. The van der Waals surface area contributed by atoms with E-state index in [9.17, 15) is 4.79 Å². The minimum Gasteiger partial charge on any atom is -0.459 e. The molecule has 5 N–H and O–H groups in total. The first-order valence-electron chi connectivity index (χ1n) is 6.55. The van der Waals surface area contributed by atoms with Crippen molar-refractivity contribution in [3.8, 4) is 6.07 Å². The molecule has 0 saturated heterocycles. The van der Waals surface area contributed by atoms with Crippen LogP contribution in [0.5, 0.6) is 0 Å². The number of nitrogens with one attached hydrogen (secondary N) is 3. The molecule has 8 heteroatoms. The van der Waals surface area contributed by atoms with Crippen LogP contribution < -0.4 is 16.5 Å². The zero-order chi connectivity index (χ0) is 16.8. The van der Waals surface area contributed by atoms with Gasteiger partial charge in [0.05, 0.1) is 12.0 Å². The Morgan fingerprint density at radius 1 is 1.43 bits per heavy atom. The summed E-state index contributed by atoms with van der Waals surface area (Å²) >= 11 is 0. The first-order chi connectivity index (χ1) is 11.0. The number of furan rings is 1. The summed E-state index contributed by atoms with van der Waals surface area (Å²) in [6, 6.07) is 10.0. The van der Waals surface area contributed by atoms with Gasteiger partial charge in [-0.1, -0.05) is 6.07 Å². The molecule has 0 saturated carbocycles. The Hall–Kier alpha value is -3.60. The Balaban J connectivity index is 2.18. The van der Waals surface area contributed by atoms with Crippen LogP contribution in [0.15, 0.2) is 46.1 Å². The van der Waals surface area contributed by atoms with Gasteiger partial charge >= 0.3 is 0 Å². The van der Waals surface area contributed by atoms with E-state index in [1.165, 1.54) is 6.26 Å². The lowest BCUT2D eigenvalue weighted by molar-refractivity contribution is 0.0996. The minimum absolute atomic E-state index is 0.196. The number of carbonyl (C=O) groups excluding carboxylic acids is 1. The van der Waals surface area contributed by atoms with E-state index in [-0.39, 0.29) is 17.4 Å². The topological polar surface area (TPSA) is 140 Å². The van der Waals surface area contributed by atoms with Crippen molar-refractivity contribution in [1.29, 1.82) is 10.7 Å². The monoisotopic (exact) mass is 310 g/mol. The van der Waals surface area contributed by atoms with Gasteiger partial charge in [-0.15, -0.1) is 0 Å². The third-order valence-electron chi connectivity index (χ3n) is 2.89. The van der Waals surface area contributed by atoms with E-state index in [0.29, 0.717) is 11.4 Å². The van der Waals surface area contributed by atoms with Crippen molar-refractivity contribution < 1.29 is 9.21 Å². The highest BCUT2D eigenvalue weighted by atomic mass is 16.3. The summed E-state index contributed by atoms with van der Waals surface area (Å²) in [6.07, 6.45) is 1.41. The fraction of sp³-hybridized carbons (Fsp3) is 0.0667. The third kappa shape index (κ3) is 3.95. The predicted octanol–water partition coefficient (Wildman–Crippen LogP) is 2.07. The Kier molecular flexibility index (Phi) is 4.74. The number of hydrogen-bond acceptors (Lipinski definition) is 6. The van der Waals surface area contributed by atoms with Gasteiger partial charge in [0.25, 0.3) is 5.91 Å². The molecule has 116 valence electrons. The maximum atomic E-state index is 11.9. The van der Waals surface area contributed by atoms with Crippen LogP contribution >= 0.6 is 0 Å². The molecule has 0 fully saturated rings. The molecule has 0 aliphatic carbocycles. The number of rotatable bonds is 5. The molecule has 2 aromatic rings. The molecule has 8 nitrogen and oxygen atoms in total. The second-order valence-corrected chi connectivity index (χ2v) is 4.56. The summed E-state index contributed by atoms with van der Waals surface area (Å²) in [5.41, 5.74) is 9.59. The number of amides is 1. The van der Waals surface area contributed by atoms with Crippen LogP contribution in [0, 0.1) is 23.7 Å². The first kappa shape index (κ1) is 15.8. The van der Waals surface area contributed by atoms with Crippen LogP contribution in [0.25, 0.3) is 0 Å². The normalized spacial score (nSPS) is 10.7. The molecule has 1 heterocycles. The predicted molar refractivity (Wildman–Crippen MR) is 86.4 cm³/mol. The number of nitrogens with two attached hydrogens (primary N) is 1. The Bertz CT molecular complexity index is 802. The van der Waals surface area contributed by atoms with Crippen LogP contribution in [-0.4, -0.2) is 17.5 Å². The van der Waals surface area contributed by atoms with Crippen molar-refractivity contribution in [2.24, 2.45) is 10.8 Å². The molecule has 0 spiro atoms. The van der Waals surface area contributed by atoms with Crippen molar-refractivity contribution in [3.05, 3.63) is 47.9 Å². The molecule has 23 heavy (non-hydrogen) atoms. The van der Waals surface area contributed by atoms with Crippen molar-refractivity contribution >= 4 is 28.8 Å². The highest BCUT2D eigenvalue weighted by Gasteiger charge is 2.10. The Morgan fingerprint density at radius 2 is 2.22 bits per heavy atom. The Labute approximate surface area is 132 Å². The SMILES string of the molecule is Cc1ccc(NC(=O)c2ccco2)cc1N/N=C(\C#N)C(=N)N. The number of nitrogens with zero attached hydrogens (tertiary/aromatic N) is 2. The average molecular weight is 310 g/mol. The summed E-state index contributed by atoms with van der Waals surface area (Å²) in [6.45, 7) is 1.83. The zero-order valence-corrected chi connectivity index (χ0v) is 12.3. The van der Waals surface area contributed by atoms with Crippen molar-refractivity contribution in [2.45, 2.75) is 6.92 Å². The minimum atomic E-state index is -0.431. The molecule has 0 atom stereocenters. The summed E-state index contributed by atoms with van der Waals surface area (Å²) in [7, 11) is 0. The molecule has 0 unspecified atom stereocenters. The van der Waals surface area contributed by atoms with Gasteiger partial charge in [-0.25, -0.2) is 0 Å². The molecular weight excluding hydrogens is 296 g/mol. The number of hydrogen-bond donors (Lipinski definition) is 4. The molecule has 1 amide bonds. The summed E-state index contributed by atoms with van der Waals surface area (Å²) in [5.74, 6) is -0.615. The van der Waals surface area contributed by atoms with E-state index >= 15 is 0 Å². The van der Waals surface area contributed by atoms with Gasteiger partial charge in [-0.2, -0.15) is 10.4 Å². The lowest BCUT2D eigenvalue weighted by Gasteiger charge is -2.09. The van der Waals surface area contributed by atoms with Gasteiger partial charge in [-0.3, -0.25) is 15.6 Å². The van der Waals surface area contributed by atoms with Crippen molar-refractivity contribution in [1.82, 2.24) is 0 Å². The number of nitriles is 1. The highest BCUT2D eigenvalue weighted by molar-refractivity contribution is 6.45. The highest BCUT2D eigenvalue weighted by Crippen LogP contribution is 2.21. The van der Waals surface area contributed by atoms with E-state index in [4.69, 9.17) is 20.8 Å². The largest absolute Gasteiger partial charge is 0.459 e. The summed E-state index contributed by atoms with van der Waals surface area (Å²) in [4.78, 5) is 11.9. The van der Waals surface area contributed by atoms with Gasteiger partial charge in [0.15, 0.2) is 11.6 Å². The lowest BCUT2D eigenvalue weighted by Crippen LogP contribution is -2.22. The second-order valence-electron chi connectivity index (χ2n) is 4.56. The molecule has 0 aliphatic heterocycles. The van der Waals surface area contributed by atoms with Crippen LogP contribution in [0.1, 0.15) is 16.1 Å². The van der Waals surface area contributed by atoms with E-state index in [1.54, 1.807) is 36.4 Å². The fourth-order valence-corrected chi connectivity index (χ4v) is 1.68. The summed E-state index contributed by atoms with van der Waals surface area (Å²) in [5, 5.41) is 22.5. The van der Waals surface area contributed by atoms with E-state index < -0.39 is 5.84 Å². The zero-order valence-electron chi connectivity index (χ0n) is 12.3. The quantitative estimate of drug-likeness (QED) is 0.380. The smallest absolute Gasteiger partial charge is 0.291 e. The molecule has 0 aliphatic rings. The average Bonchev–Trinajstić information content (AvgIpc) is 3.05. The van der Waals surface area contributed by atoms with Gasteiger partial charge in [0.2, 0.25) is 5.71 Å². The summed E-state index contributed by atoms with van der Waals surface area (Å²) < 4.78 is 5.02. The van der Waals surface area contributed by atoms with Crippen LogP contribution in [0.2, 0.25) is 0 Å². The first-order valence-corrected chi connectivity index (χ1v) is 6.55. The number of aryl methyl sites for hydroxylation is 1. The second kappa shape index (κ2) is 6.91. The van der Waals surface area contributed by atoms with Gasteiger partial charge < -0.3 is 15.5 Å². The number of amidine groups is 1.